The Hall–Kier alpha value is -2.52. The van der Waals surface area contributed by atoms with Crippen LogP contribution in [0.15, 0.2) is 24.3 Å². The van der Waals surface area contributed by atoms with Crippen LogP contribution >= 0.6 is 11.6 Å². The summed E-state index contributed by atoms with van der Waals surface area (Å²) in [7, 11) is 0. The zero-order chi connectivity index (χ0) is 23.2. The van der Waals surface area contributed by atoms with Gasteiger partial charge >= 0.3 is 12.2 Å². The van der Waals surface area contributed by atoms with Crippen LogP contribution in [0.25, 0.3) is 0 Å². The van der Waals surface area contributed by atoms with Crippen LogP contribution in [0, 0.1) is 0 Å². The summed E-state index contributed by atoms with van der Waals surface area (Å²) in [6.45, 7) is 5.15. The van der Waals surface area contributed by atoms with Gasteiger partial charge in [-0.1, -0.05) is 23.7 Å². The number of ether oxygens (including phenoxy) is 1. The fourth-order valence-corrected chi connectivity index (χ4v) is 3.56. The maximum Gasteiger partial charge on any atom is 0.408 e. The minimum Gasteiger partial charge on any atom is -0.465 e. The van der Waals surface area contributed by atoms with Crippen molar-refractivity contribution in [3.05, 3.63) is 34.9 Å². The Morgan fingerprint density at radius 2 is 1.77 bits per heavy atom. The van der Waals surface area contributed by atoms with Crippen molar-refractivity contribution in [2.45, 2.75) is 57.2 Å². The van der Waals surface area contributed by atoms with E-state index >= 15 is 0 Å². The Morgan fingerprint density at radius 1 is 1.19 bits per heavy atom. The van der Waals surface area contributed by atoms with Gasteiger partial charge in [0, 0.05) is 24.7 Å². The van der Waals surface area contributed by atoms with Crippen molar-refractivity contribution in [2.75, 3.05) is 19.7 Å². The van der Waals surface area contributed by atoms with Crippen molar-refractivity contribution in [3.8, 4) is 0 Å². The summed E-state index contributed by atoms with van der Waals surface area (Å²) in [6.07, 6.45) is -1.38. The molecule has 1 saturated heterocycles. The number of nitrogens with one attached hydrogen (secondary N) is 2. The molecule has 31 heavy (non-hydrogen) atoms. The molecule has 0 spiro atoms. The summed E-state index contributed by atoms with van der Waals surface area (Å²) in [5.41, 5.74) is -1.34. The number of likely N-dealkylation sites (tertiary alicyclic amines) is 1. The third-order valence-corrected chi connectivity index (χ3v) is 5.31. The molecule has 0 radical (unpaired) electrons. The van der Waals surface area contributed by atoms with Crippen LogP contribution in [0.4, 0.5) is 9.59 Å². The minimum absolute atomic E-state index is 0.0875. The van der Waals surface area contributed by atoms with E-state index in [1.54, 1.807) is 45.0 Å². The summed E-state index contributed by atoms with van der Waals surface area (Å²) in [5.74, 6) is -0.461. The van der Waals surface area contributed by atoms with Gasteiger partial charge in [-0.3, -0.25) is 4.79 Å². The quantitative estimate of drug-likeness (QED) is 0.522. The average molecular weight is 456 g/mol. The van der Waals surface area contributed by atoms with E-state index in [2.05, 4.69) is 10.6 Å². The number of carboxylic acid groups (broad SMARTS) is 1. The molecule has 172 valence electrons. The number of rotatable bonds is 6. The summed E-state index contributed by atoms with van der Waals surface area (Å²) < 4.78 is 5.33. The van der Waals surface area contributed by atoms with Crippen LogP contribution in [-0.2, 0) is 9.53 Å². The molecule has 1 heterocycles. The van der Waals surface area contributed by atoms with E-state index in [1.807, 2.05) is 0 Å². The number of nitrogens with zero attached hydrogens (tertiary/aromatic N) is 1. The van der Waals surface area contributed by atoms with Gasteiger partial charge in [0.2, 0.25) is 5.91 Å². The molecule has 1 atom stereocenters. The smallest absolute Gasteiger partial charge is 0.408 e. The van der Waals surface area contributed by atoms with Gasteiger partial charge in [-0.15, -0.1) is 0 Å². The summed E-state index contributed by atoms with van der Waals surface area (Å²) in [5, 5.41) is 24.8. The van der Waals surface area contributed by atoms with Crippen molar-refractivity contribution in [1.82, 2.24) is 15.5 Å². The number of amides is 3. The van der Waals surface area contributed by atoms with Crippen LogP contribution < -0.4 is 10.6 Å². The molecule has 3 amide bonds. The first-order valence-corrected chi connectivity index (χ1v) is 10.5. The monoisotopic (exact) mass is 455 g/mol. The Labute approximate surface area is 186 Å². The Morgan fingerprint density at radius 3 is 2.26 bits per heavy atom. The van der Waals surface area contributed by atoms with E-state index in [0.717, 1.165) is 5.56 Å². The molecule has 2 rings (SSSR count). The van der Waals surface area contributed by atoms with E-state index in [1.165, 1.54) is 4.90 Å². The number of hydrogen-bond acceptors (Lipinski definition) is 5. The lowest BCUT2D eigenvalue weighted by molar-refractivity contribution is -0.130. The lowest BCUT2D eigenvalue weighted by Crippen LogP contribution is -2.64. The van der Waals surface area contributed by atoms with Crippen LogP contribution in [0.1, 0.15) is 51.6 Å². The normalized spacial score (nSPS) is 16.9. The first-order valence-electron chi connectivity index (χ1n) is 10.1. The molecule has 1 unspecified atom stereocenters. The molecule has 0 aliphatic carbocycles. The maximum absolute atomic E-state index is 13.4. The van der Waals surface area contributed by atoms with Crippen LogP contribution in [0.5, 0.6) is 0 Å². The topological polar surface area (TPSA) is 128 Å². The lowest BCUT2D eigenvalue weighted by atomic mass is 9.86. The third-order valence-electron chi connectivity index (χ3n) is 5.06. The van der Waals surface area contributed by atoms with E-state index in [4.69, 9.17) is 16.3 Å². The number of alkyl carbamates (subject to hydrolysis) is 1. The van der Waals surface area contributed by atoms with Gasteiger partial charge in [0.25, 0.3) is 0 Å². The van der Waals surface area contributed by atoms with E-state index in [0.29, 0.717) is 5.02 Å². The molecular formula is C21H30ClN3O6. The van der Waals surface area contributed by atoms with Crippen molar-refractivity contribution in [3.63, 3.8) is 0 Å². The van der Waals surface area contributed by atoms with Gasteiger partial charge in [-0.2, -0.15) is 0 Å². The number of aliphatic hydroxyl groups excluding tert-OH is 1. The molecule has 10 heteroatoms. The van der Waals surface area contributed by atoms with Gasteiger partial charge < -0.3 is 30.5 Å². The summed E-state index contributed by atoms with van der Waals surface area (Å²) in [4.78, 5) is 38.3. The molecule has 0 bridgehead atoms. The number of piperidine rings is 1. The standard InChI is InChI=1S/C21H30ClN3O6/c1-20(2,3)31-18(28)24-21(9-11-25(12-10-21)19(29)30)17(27)23-16(8-13-26)14-4-6-15(22)7-5-14/h4-7,16,26H,8-13H2,1-3H3,(H,23,27)(H,24,28)(H,29,30). The zero-order valence-corrected chi connectivity index (χ0v) is 18.7. The summed E-state index contributed by atoms with van der Waals surface area (Å²) in [6, 6.07) is 6.37. The maximum atomic E-state index is 13.4. The van der Waals surface area contributed by atoms with Crippen molar-refractivity contribution < 1.29 is 29.3 Å². The molecule has 9 nitrogen and oxygen atoms in total. The summed E-state index contributed by atoms with van der Waals surface area (Å²) >= 11 is 5.94. The van der Waals surface area contributed by atoms with Gasteiger partial charge in [0.15, 0.2) is 0 Å². The Bertz CT molecular complexity index is 785. The van der Waals surface area contributed by atoms with Gasteiger partial charge in [0.05, 0.1) is 6.04 Å². The SMILES string of the molecule is CC(C)(C)OC(=O)NC1(C(=O)NC(CCO)c2ccc(Cl)cc2)CCN(C(=O)O)CC1. The molecule has 1 aliphatic rings. The van der Waals surface area contributed by atoms with Gasteiger partial charge in [-0.05, 0) is 57.7 Å². The minimum atomic E-state index is -1.34. The first-order chi connectivity index (χ1) is 14.5. The van der Waals surface area contributed by atoms with Crippen molar-refractivity contribution in [2.24, 2.45) is 0 Å². The fourth-order valence-electron chi connectivity index (χ4n) is 3.43. The largest absolute Gasteiger partial charge is 0.465 e. The highest BCUT2D eigenvalue weighted by molar-refractivity contribution is 6.30. The van der Waals surface area contributed by atoms with Crippen molar-refractivity contribution in [1.29, 1.82) is 0 Å². The second-order valence-electron chi connectivity index (χ2n) is 8.57. The first kappa shape index (κ1) is 24.7. The molecule has 1 aromatic carbocycles. The van der Waals surface area contributed by atoms with Crippen LogP contribution in [0.3, 0.4) is 0 Å². The molecule has 0 saturated carbocycles. The van der Waals surface area contributed by atoms with E-state index in [9.17, 15) is 24.6 Å². The molecule has 4 N–H and O–H groups in total. The van der Waals surface area contributed by atoms with Gasteiger partial charge in [0.1, 0.15) is 11.1 Å². The predicted octanol–water partition coefficient (Wildman–Crippen LogP) is 2.92. The van der Waals surface area contributed by atoms with Crippen LogP contribution in [0.2, 0.25) is 5.02 Å². The fraction of sp³-hybridized carbons (Fsp3) is 0.571. The molecule has 1 aromatic rings. The number of hydrogen-bond donors (Lipinski definition) is 4. The number of aliphatic hydroxyl groups is 1. The van der Waals surface area contributed by atoms with Crippen molar-refractivity contribution >= 4 is 29.7 Å². The predicted molar refractivity (Wildman–Crippen MR) is 115 cm³/mol. The number of benzene rings is 1. The third kappa shape index (κ3) is 7.00. The lowest BCUT2D eigenvalue weighted by Gasteiger charge is -2.41. The van der Waals surface area contributed by atoms with Crippen LogP contribution in [-0.4, -0.2) is 64.0 Å². The second-order valence-corrected chi connectivity index (χ2v) is 9.00. The highest BCUT2D eigenvalue weighted by atomic mass is 35.5. The Kier molecular flexibility index (Phi) is 8.14. The molecule has 1 aliphatic heterocycles. The van der Waals surface area contributed by atoms with Gasteiger partial charge in [-0.25, -0.2) is 9.59 Å². The number of carbonyl (C=O) groups excluding carboxylic acids is 2. The highest BCUT2D eigenvalue weighted by Gasteiger charge is 2.45. The second kappa shape index (κ2) is 10.2. The zero-order valence-electron chi connectivity index (χ0n) is 18.0. The molecule has 0 aromatic heterocycles. The number of carbonyl (C=O) groups is 3. The Balaban J connectivity index is 2.24. The average Bonchev–Trinajstić information content (AvgIpc) is 2.67. The van der Waals surface area contributed by atoms with E-state index < -0.39 is 35.3 Å². The molecular weight excluding hydrogens is 426 g/mol. The molecule has 1 fully saturated rings. The van der Waals surface area contributed by atoms with E-state index in [-0.39, 0.29) is 39.0 Å². The highest BCUT2D eigenvalue weighted by Crippen LogP contribution is 2.27. The number of halogens is 1.